The Morgan fingerprint density at radius 1 is 1.11 bits per heavy atom. The van der Waals surface area contributed by atoms with Crippen molar-refractivity contribution in [3.8, 4) is 0 Å². The Balaban J connectivity index is 2.66. The van der Waals surface area contributed by atoms with E-state index in [0.717, 1.165) is 18.5 Å². The van der Waals surface area contributed by atoms with Crippen LogP contribution in [0.4, 0.5) is 0 Å². The highest BCUT2D eigenvalue weighted by atomic mass is 16.3. The summed E-state index contributed by atoms with van der Waals surface area (Å²) in [6.45, 7) is 9.74. The third-order valence-electron chi connectivity index (χ3n) is 4.18. The number of aryl methyl sites for hydroxylation is 1. The van der Waals surface area contributed by atoms with Crippen LogP contribution >= 0.6 is 0 Å². The molecule has 0 spiro atoms. The van der Waals surface area contributed by atoms with Gasteiger partial charge in [-0.05, 0) is 37.4 Å². The molecular weight excluding hydrogens is 234 g/mol. The Bertz CT molecular complexity index is 360. The van der Waals surface area contributed by atoms with Gasteiger partial charge in [-0.1, -0.05) is 51.5 Å². The van der Waals surface area contributed by atoms with Gasteiger partial charge in [0.2, 0.25) is 0 Å². The Morgan fingerprint density at radius 3 is 2.16 bits per heavy atom. The number of aliphatic hydroxyl groups is 1. The van der Waals surface area contributed by atoms with Crippen molar-refractivity contribution in [3.05, 3.63) is 35.4 Å². The zero-order chi connectivity index (χ0) is 14.4. The second-order valence-corrected chi connectivity index (χ2v) is 5.73. The van der Waals surface area contributed by atoms with E-state index in [9.17, 15) is 5.11 Å². The van der Waals surface area contributed by atoms with Gasteiger partial charge in [-0.3, -0.25) is 0 Å². The SMILES string of the molecule is CCc1ccc(C(O)C(C)N(C)CC(C)CC)cc1. The van der Waals surface area contributed by atoms with E-state index >= 15 is 0 Å². The van der Waals surface area contributed by atoms with Gasteiger partial charge < -0.3 is 10.0 Å². The van der Waals surface area contributed by atoms with Gasteiger partial charge in [0.15, 0.2) is 0 Å². The molecule has 0 bridgehead atoms. The summed E-state index contributed by atoms with van der Waals surface area (Å²) >= 11 is 0. The van der Waals surface area contributed by atoms with Crippen LogP contribution in [0.15, 0.2) is 24.3 Å². The second kappa shape index (κ2) is 7.66. The first kappa shape index (κ1) is 16.2. The molecule has 1 aromatic rings. The average Bonchev–Trinajstić information content (AvgIpc) is 2.45. The predicted molar refractivity (Wildman–Crippen MR) is 82.3 cm³/mol. The third kappa shape index (κ3) is 4.63. The van der Waals surface area contributed by atoms with Gasteiger partial charge in [-0.15, -0.1) is 0 Å². The molecule has 0 aliphatic carbocycles. The Labute approximate surface area is 118 Å². The lowest BCUT2D eigenvalue weighted by molar-refractivity contribution is 0.0652. The number of likely N-dealkylation sites (N-methyl/N-ethyl adjacent to an activating group) is 1. The minimum atomic E-state index is -0.417. The van der Waals surface area contributed by atoms with Crippen molar-refractivity contribution in [1.29, 1.82) is 0 Å². The molecule has 1 rings (SSSR count). The molecule has 2 heteroatoms. The fourth-order valence-electron chi connectivity index (χ4n) is 2.26. The molecule has 2 nitrogen and oxygen atoms in total. The summed E-state index contributed by atoms with van der Waals surface area (Å²) in [6.07, 6.45) is 1.80. The van der Waals surface area contributed by atoms with E-state index in [1.165, 1.54) is 12.0 Å². The van der Waals surface area contributed by atoms with E-state index in [2.05, 4.69) is 63.9 Å². The lowest BCUT2D eigenvalue weighted by Crippen LogP contribution is -2.37. The van der Waals surface area contributed by atoms with Crippen LogP contribution in [0, 0.1) is 5.92 Å². The number of benzene rings is 1. The third-order valence-corrected chi connectivity index (χ3v) is 4.18. The van der Waals surface area contributed by atoms with Gasteiger partial charge in [0.1, 0.15) is 0 Å². The van der Waals surface area contributed by atoms with Crippen molar-refractivity contribution in [2.45, 2.75) is 52.7 Å². The maximum absolute atomic E-state index is 10.5. The fraction of sp³-hybridized carbons (Fsp3) is 0.647. The van der Waals surface area contributed by atoms with Gasteiger partial charge in [0.05, 0.1) is 6.10 Å². The first-order valence-electron chi connectivity index (χ1n) is 7.46. The first-order valence-corrected chi connectivity index (χ1v) is 7.46. The molecule has 1 aromatic carbocycles. The van der Waals surface area contributed by atoms with Gasteiger partial charge in [-0.2, -0.15) is 0 Å². The second-order valence-electron chi connectivity index (χ2n) is 5.73. The van der Waals surface area contributed by atoms with Gasteiger partial charge in [-0.25, -0.2) is 0 Å². The van der Waals surface area contributed by atoms with Crippen molar-refractivity contribution in [2.75, 3.05) is 13.6 Å². The number of rotatable bonds is 7. The van der Waals surface area contributed by atoms with E-state index in [1.54, 1.807) is 0 Å². The molecule has 0 aliphatic rings. The summed E-state index contributed by atoms with van der Waals surface area (Å²) < 4.78 is 0. The highest BCUT2D eigenvalue weighted by Gasteiger charge is 2.21. The van der Waals surface area contributed by atoms with E-state index in [1.807, 2.05) is 0 Å². The number of nitrogens with zero attached hydrogens (tertiary/aromatic N) is 1. The van der Waals surface area contributed by atoms with Crippen LogP contribution in [-0.4, -0.2) is 29.6 Å². The zero-order valence-corrected chi connectivity index (χ0v) is 13.1. The molecule has 3 atom stereocenters. The number of hydrogen-bond donors (Lipinski definition) is 1. The minimum Gasteiger partial charge on any atom is -0.387 e. The summed E-state index contributed by atoms with van der Waals surface area (Å²) in [4.78, 5) is 2.26. The lowest BCUT2D eigenvalue weighted by Gasteiger charge is -2.31. The first-order chi connectivity index (χ1) is 8.99. The van der Waals surface area contributed by atoms with Crippen LogP contribution in [0.1, 0.15) is 51.3 Å². The molecule has 0 amide bonds. The highest BCUT2D eigenvalue weighted by molar-refractivity contribution is 5.24. The fourth-order valence-corrected chi connectivity index (χ4v) is 2.26. The Kier molecular flexibility index (Phi) is 6.53. The van der Waals surface area contributed by atoms with Gasteiger partial charge >= 0.3 is 0 Å². The minimum absolute atomic E-state index is 0.140. The molecule has 108 valence electrons. The number of hydrogen-bond acceptors (Lipinski definition) is 2. The van der Waals surface area contributed by atoms with Gasteiger partial charge in [0.25, 0.3) is 0 Å². The molecule has 0 radical (unpaired) electrons. The average molecular weight is 263 g/mol. The molecular formula is C17H29NO. The van der Waals surface area contributed by atoms with Crippen LogP contribution in [0.25, 0.3) is 0 Å². The normalized spacial score (nSPS) is 16.4. The standard InChI is InChI=1S/C17H29NO/c1-6-13(3)12-18(5)14(4)17(19)16-10-8-15(7-2)9-11-16/h8-11,13-14,17,19H,6-7,12H2,1-5H3. The summed E-state index contributed by atoms with van der Waals surface area (Å²) in [6, 6.07) is 8.47. The lowest BCUT2D eigenvalue weighted by atomic mass is 9.99. The Morgan fingerprint density at radius 2 is 1.68 bits per heavy atom. The predicted octanol–water partition coefficient (Wildman–Crippen LogP) is 3.65. The number of aliphatic hydroxyl groups excluding tert-OH is 1. The highest BCUT2D eigenvalue weighted by Crippen LogP contribution is 2.21. The van der Waals surface area contributed by atoms with Crippen LogP contribution < -0.4 is 0 Å². The monoisotopic (exact) mass is 263 g/mol. The summed E-state index contributed by atoms with van der Waals surface area (Å²) in [5.41, 5.74) is 2.33. The topological polar surface area (TPSA) is 23.5 Å². The maximum atomic E-state index is 10.5. The van der Waals surface area contributed by atoms with E-state index in [0.29, 0.717) is 5.92 Å². The van der Waals surface area contributed by atoms with Crippen molar-refractivity contribution >= 4 is 0 Å². The molecule has 3 unspecified atom stereocenters. The van der Waals surface area contributed by atoms with E-state index < -0.39 is 6.10 Å². The Hall–Kier alpha value is -0.860. The largest absolute Gasteiger partial charge is 0.387 e. The van der Waals surface area contributed by atoms with Crippen molar-refractivity contribution < 1.29 is 5.11 Å². The van der Waals surface area contributed by atoms with E-state index in [-0.39, 0.29) is 6.04 Å². The van der Waals surface area contributed by atoms with Crippen LogP contribution in [-0.2, 0) is 6.42 Å². The molecule has 19 heavy (non-hydrogen) atoms. The van der Waals surface area contributed by atoms with Gasteiger partial charge in [0, 0.05) is 12.6 Å². The summed E-state index contributed by atoms with van der Waals surface area (Å²) in [5, 5.41) is 10.5. The molecule has 0 saturated carbocycles. The van der Waals surface area contributed by atoms with Crippen LogP contribution in [0.5, 0.6) is 0 Å². The molecule has 0 heterocycles. The quantitative estimate of drug-likeness (QED) is 0.811. The smallest absolute Gasteiger partial charge is 0.0942 e. The van der Waals surface area contributed by atoms with E-state index in [4.69, 9.17) is 0 Å². The molecule has 0 aromatic heterocycles. The molecule has 0 saturated heterocycles. The van der Waals surface area contributed by atoms with Crippen molar-refractivity contribution in [2.24, 2.45) is 5.92 Å². The molecule has 1 N–H and O–H groups in total. The molecule has 0 fully saturated rings. The van der Waals surface area contributed by atoms with Crippen molar-refractivity contribution in [3.63, 3.8) is 0 Å². The summed E-state index contributed by atoms with van der Waals surface area (Å²) in [7, 11) is 2.10. The summed E-state index contributed by atoms with van der Waals surface area (Å²) in [5.74, 6) is 0.669. The molecule has 0 aliphatic heterocycles. The van der Waals surface area contributed by atoms with Crippen molar-refractivity contribution in [1.82, 2.24) is 4.90 Å². The zero-order valence-electron chi connectivity index (χ0n) is 13.1. The van der Waals surface area contributed by atoms with Crippen LogP contribution in [0.3, 0.4) is 0 Å². The van der Waals surface area contributed by atoms with Crippen LogP contribution in [0.2, 0.25) is 0 Å². The maximum Gasteiger partial charge on any atom is 0.0942 e.